The molecule has 0 aromatic heterocycles. The van der Waals surface area contributed by atoms with Crippen LogP contribution in [0.1, 0.15) is 20.3 Å². The third kappa shape index (κ3) is 7.37. The summed E-state index contributed by atoms with van der Waals surface area (Å²) in [6.07, 6.45) is -5.01. The molecule has 0 rings (SSSR count). The summed E-state index contributed by atoms with van der Waals surface area (Å²) in [7, 11) is 5.43. The van der Waals surface area contributed by atoms with Gasteiger partial charge in [0.25, 0.3) is 0 Å². The van der Waals surface area contributed by atoms with Crippen LogP contribution in [-0.4, -0.2) is 56.8 Å². The summed E-state index contributed by atoms with van der Waals surface area (Å²) in [5.41, 5.74) is -0.109. The second-order valence-electron chi connectivity index (χ2n) is 4.92. The number of nitrogens with zero attached hydrogens (tertiary/aromatic N) is 2. The van der Waals surface area contributed by atoms with Crippen LogP contribution in [0.5, 0.6) is 0 Å². The molecule has 2 N–H and O–H groups in total. The molecule has 7 heteroatoms. The highest BCUT2D eigenvalue weighted by Crippen LogP contribution is 2.18. The van der Waals surface area contributed by atoms with Crippen molar-refractivity contribution < 1.29 is 13.2 Å². The summed E-state index contributed by atoms with van der Waals surface area (Å²) in [5.74, 6) is 0.383. The van der Waals surface area contributed by atoms with Crippen molar-refractivity contribution >= 4 is 5.96 Å². The topological polar surface area (TPSA) is 39.7 Å². The molecule has 0 aliphatic carbocycles. The van der Waals surface area contributed by atoms with Crippen LogP contribution < -0.4 is 10.6 Å². The molecular formula is C11H23F3N4. The number of likely N-dealkylation sites (N-methyl/N-ethyl adjacent to an activating group) is 1. The van der Waals surface area contributed by atoms with Crippen molar-refractivity contribution in [2.24, 2.45) is 4.99 Å². The van der Waals surface area contributed by atoms with E-state index in [9.17, 15) is 13.2 Å². The first kappa shape index (κ1) is 17.0. The Morgan fingerprint density at radius 3 is 2.11 bits per heavy atom. The molecule has 0 saturated carbocycles. The van der Waals surface area contributed by atoms with Crippen LogP contribution in [0.15, 0.2) is 4.99 Å². The first-order valence-corrected chi connectivity index (χ1v) is 5.77. The number of halogens is 3. The van der Waals surface area contributed by atoms with Gasteiger partial charge in [0.05, 0.1) is 6.42 Å². The fourth-order valence-corrected chi connectivity index (χ4v) is 1.00. The summed E-state index contributed by atoms with van der Waals surface area (Å²) in [4.78, 5) is 5.91. The zero-order chi connectivity index (χ0) is 14.4. The van der Waals surface area contributed by atoms with E-state index >= 15 is 0 Å². The van der Waals surface area contributed by atoms with Crippen molar-refractivity contribution in [2.75, 3.05) is 34.2 Å². The van der Waals surface area contributed by atoms with Gasteiger partial charge in [0.2, 0.25) is 0 Å². The van der Waals surface area contributed by atoms with E-state index < -0.39 is 12.6 Å². The second-order valence-corrected chi connectivity index (χ2v) is 4.92. The van der Waals surface area contributed by atoms with Crippen molar-refractivity contribution in [2.45, 2.75) is 32.0 Å². The maximum Gasteiger partial charge on any atom is 0.390 e. The van der Waals surface area contributed by atoms with Crippen LogP contribution in [0.4, 0.5) is 13.2 Å². The Morgan fingerprint density at radius 2 is 1.72 bits per heavy atom. The van der Waals surface area contributed by atoms with Gasteiger partial charge in [-0.05, 0) is 27.9 Å². The average molecular weight is 268 g/mol. The van der Waals surface area contributed by atoms with E-state index in [0.29, 0.717) is 12.5 Å². The highest BCUT2D eigenvalue weighted by molar-refractivity contribution is 5.79. The van der Waals surface area contributed by atoms with Crippen LogP contribution in [0, 0.1) is 0 Å². The molecule has 0 aromatic carbocycles. The Bertz CT molecular complexity index is 272. The van der Waals surface area contributed by atoms with E-state index in [2.05, 4.69) is 15.6 Å². The quantitative estimate of drug-likeness (QED) is 0.585. The number of nitrogens with one attached hydrogen (secondary N) is 2. The summed E-state index contributed by atoms with van der Waals surface area (Å²) in [6, 6.07) is 0. The Hall–Kier alpha value is -0.980. The predicted octanol–water partition coefficient (Wildman–Crippen LogP) is 1.44. The van der Waals surface area contributed by atoms with Gasteiger partial charge >= 0.3 is 6.18 Å². The van der Waals surface area contributed by atoms with Gasteiger partial charge in [0.15, 0.2) is 5.96 Å². The molecule has 0 aliphatic heterocycles. The molecule has 0 aromatic rings. The molecule has 0 saturated heterocycles. The molecule has 4 nitrogen and oxygen atoms in total. The van der Waals surface area contributed by atoms with Gasteiger partial charge in [-0.15, -0.1) is 0 Å². The molecule has 0 amide bonds. The zero-order valence-corrected chi connectivity index (χ0v) is 11.6. The van der Waals surface area contributed by atoms with Crippen LogP contribution in [0.2, 0.25) is 0 Å². The number of rotatable bonds is 5. The van der Waals surface area contributed by atoms with Gasteiger partial charge in [-0.1, -0.05) is 0 Å². The van der Waals surface area contributed by atoms with Crippen LogP contribution >= 0.6 is 0 Å². The monoisotopic (exact) mass is 268 g/mol. The van der Waals surface area contributed by atoms with Crippen molar-refractivity contribution in [1.29, 1.82) is 0 Å². The molecule has 0 unspecified atom stereocenters. The van der Waals surface area contributed by atoms with Gasteiger partial charge in [-0.3, -0.25) is 4.99 Å². The van der Waals surface area contributed by atoms with Gasteiger partial charge in [0.1, 0.15) is 0 Å². The number of hydrogen-bond donors (Lipinski definition) is 2. The average Bonchev–Trinajstić information content (AvgIpc) is 2.21. The largest absolute Gasteiger partial charge is 0.390 e. The highest BCUT2D eigenvalue weighted by atomic mass is 19.4. The Balaban J connectivity index is 4.08. The van der Waals surface area contributed by atoms with Gasteiger partial charge in [0, 0.05) is 25.7 Å². The molecule has 0 aliphatic rings. The van der Waals surface area contributed by atoms with E-state index in [1.165, 1.54) is 7.05 Å². The third-order valence-corrected chi connectivity index (χ3v) is 2.82. The molecule has 108 valence electrons. The minimum atomic E-state index is -4.14. The fraction of sp³-hybridized carbons (Fsp3) is 0.909. The minimum Gasteiger partial charge on any atom is -0.356 e. The maximum atomic E-state index is 12.0. The van der Waals surface area contributed by atoms with Crippen LogP contribution in [0.25, 0.3) is 0 Å². The first-order valence-electron chi connectivity index (χ1n) is 5.77. The van der Waals surface area contributed by atoms with Crippen LogP contribution in [0.3, 0.4) is 0 Å². The Kier molecular flexibility index (Phi) is 6.45. The summed E-state index contributed by atoms with van der Waals surface area (Å²) in [5, 5.41) is 5.64. The second kappa shape index (κ2) is 6.82. The lowest BCUT2D eigenvalue weighted by Gasteiger charge is -2.33. The van der Waals surface area contributed by atoms with E-state index in [1.807, 2.05) is 32.8 Å². The molecule has 0 spiro atoms. The smallest absolute Gasteiger partial charge is 0.356 e. The number of guanidine groups is 1. The zero-order valence-electron chi connectivity index (χ0n) is 11.6. The highest BCUT2D eigenvalue weighted by Gasteiger charge is 2.26. The summed E-state index contributed by atoms with van der Waals surface area (Å²) >= 11 is 0. The fourth-order valence-electron chi connectivity index (χ4n) is 1.00. The van der Waals surface area contributed by atoms with E-state index in [4.69, 9.17) is 0 Å². The number of aliphatic imine (C=N–C) groups is 1. The normalized spacial score (nSPS) is 13.9. The molecule has 18 heavy (non-hydrogen) atoms. The number of hydrogen-bond acceptors (Lipinski definition) is 2. The lowest BCUT2D eigenvalue weighted by Crippen LogP contribution is -2.51. The third-order valence-electron chi connectivity index (χ3n) is 2.82. The summed E-state index contributed by atoms with van der Waals surface area (Å²) < 4.78 is 36.0. The number of alkyl halides is 3. The van der Waals surface area contributed by atoms with E-state index in [1.54, 1.807) is 0 Å². The molecule has 0 heterocycles. The SMILES string of the molecule is CN=C(NCCC(F)(F)F)NCC(C)(C)N(C)C. The van der Waals surface area contributed by atoms with E-state index in [0.717, 1.165) is 0 Å². The molecular weight excluding hydrogens is 245 g/mol. The van der Waals surface area contributed by atoms with Gasteiger partial charge < -0.3 is 15.5 Å². The van der Waals surface area contributed by atoms with Crippen molar-refractivity contribution in [3.05, 3.63) is 0 Å². The maximum absolute atomic E-state index is 12.0. The lowest BCUT2D eigenvalue weighted by molar-refractivity contribution is -0.132. The van der Waals surface area contributed by atoms with E-state index in [-0.39, 0.29) is 12.1 Å². The van der Waals surface area contributed by atoms with Gasteiger partial charge in [-0.2, -0.15) is 13.2 Å². The standard InChI is InChI=1S/C11H23F3N4/c1-10(2,18(4)5)8-17-9(15-3)16-7-6-11(12,13)14/h6-8H2,1-5H3,(H2,15,16,17). The van der Waals surface area contributed by atoms with Gasteiger partial charge in [-0.25, -0.2) is 0 Å². The first-order chi connectivity index (χ1) is 8.08. The lowest BCUT2D eigenvalue weighted by atomic mass is 10.0. The molecule has 0 bridgehead atoms. The molecule has 0 fully saturated rings. The molecule has 0 radical (unpaired) electrons. The molecule has 0 atom stereocenters. The van der Waals surface area contributed by atoms with Crippen LogP contribution in [-0.2, 0) is 0 Å². The predicted molar refractivity (Wildman–Crippen MR) is 67.8 cm³/mol. The Morgan fingerprint density at radius 1 is 1.17 bits per heavy atom. The van der Waals surface area contributed by atoms with Crippen molar-refractivity contribution in [3.63, 3.8) is 0 Å². The Labute approximate surface area is 107 Å². The minimum absolute atomic E-state index is 0.109. The van der Waals surface area contributed by atoms with Crippen molar-refractivity contribution in [1.82, 2.24) is 15.5 Å². The van der Waals surface area contributed by atoms with Crippen molar-refractivity contribution in [3.8, 4) is 0 Å². The summed E-state index contributed by atoms with van der Waals surface area (Å²) in [6.45, 7) is 4.48.